The Balaban J connectivity index is 1.83. The van der Waals surface area contributed by atoms with Gasteiger partial charge in [0, 0.05) is 17.5 Å². The monoisotopic (exact) mass is 278 g/mol. The van der Waals surface area contributed by atoms with Crippen molar-refractivity contribution in [1.82, 2.24) is 10.5 Å². The van der Waals surface area contributed by atoms with Gasteiger partial charge in [0.15, 0.2) is 11.5 Å². The van der Waals surface area contributed by atoms with Gasteiger partial charge >= 0.3 is 0 Å². The van der Waals surface area contributed by atoms with E-state index in [1.807, 2.05) is 12.1 Å². The summed E-state index contributed by atoms with van der Waals surface area (Å²) in [5.74, 6) is 0.424. The van der Waals surface area contributed by atoms with Crippen molar-refractivity contribution in [2.24, 2.45) is 0 Å². The summed E-state index contributed by atoms with van der Waals surface area (Å²) in [4.78, 5) is 24.6. The summed E-state index contributed by atoms with van der Waals surface area (Å²) in [6.07, 6.45) is 0.695. The van der Waals surface area contributed by atoms with Crippen LogP contribution >= 0.6 is 11.3 Å². The van der Waals surface area contributed by atoms with Crippen molar-refractivity contribution in [3.05, 3.63) is 39.4 Å². The summed E-state index contributed by atoms with van der Waals surface area (Å²) in [5, 5.41) is 6.40. The number of nitrogens with one attached hydrogen (secondary N) is 1. The second kappa shape index (κ2) is 5.79. The molecule has 0 aliphatic heterocycles. The van der Waals surface area contributed by atoms with Crippen LogP contribution in [0.3, 0.4) is 0 Å². The van der Waals surface area contributed by atoms with Gasteiger partial charge < -0.3 is 9.84 Å². The van der Waals surface area contributed by atoms with E-state index in [1.54, 1.807) is 19.9 Å². The molecule has 0 radical (unpaired) electrons. The molecular formula is C13H14N2O3S. The Labute approximate surface area is 114 Å². The lowest BCUT2D eigenvalue weighted by molar-refractivity contribution is 0.0944. The van der Waals surface area contributed by atoms with E-state index in [-0.39, 0.29) is 17.4 Å². The first-order valence-corrected chi connectivity index (χ1v) is 6.69. The van der Waals surface area contributed by atoms with Gasteiger partial charge in [0.25, 0.3) is 5.91 Å². The van der Waals surface area contributed by atoms with Crippen molar-refractivity contribution >= 4 is 23.0 Å². The third-order valence-electron chi connectivity index (χ3n) is 2.53. The quantitative estimate of drug-likeness (QED) is 0.851. The van der Waals surface area contributed by atoms with Crippen LogP contribution in [0.1, 0.15) is 37.7 Å². The number of aromatic nitrogens is 1. The van der Waals surface area contributed by atoms with E-state index in [4.69, 9.17) is 4.52 Å². The molecule has 0 aliphatic carbocycles. The number of Topliss-reactive ketones (excluding diaryl/α,β-unsaturated/α-hetero) is 1. The SMILES string of the molecule is CC(=O)c1ccc(CCNC(=O)c2cc(C)on2)s1. The number of carbonyl (C=O) groups is 2. The van der Waals surface area contributed by atoms with Crippen LogP contribution in [0.2, 0.25) is 0 Å². The number of nitrogens with zero attached hydrogens (tertiary/aromatic N) is 1. The zero-order valence-electron chi connectivity index (χ0n) is 10.7. The molecule has 5 nitrogen and oxygen atoms in total. The molecule has 2 aromatic heterocycles. The van der Waals surface area contributed by atoms with E-state index in [0.717, 1.165) is 9.75 Å². The number of aryl methyl sites for hydroxylation is 1. The number of carbonyl (C=O) groups excluding carboxylic acids is 2. The van der Waals surface area contributed by atoms with Crippen molar-refractivity contribution < 1.29 is 14.1 Å². The standard InChI is InChI=1S/C13H14N2O3S/c1-8-7-11(15-18-8)13(17)14-6-5-10-3-4-12(19-10)9(2)16/h3-4,7H,5-6H2,1-2H3,(H,14,17). The van der Waals surface area contributed by atoms with Crippen molar-refractivity contribution in [2.45, 2.75) is 20.3 Å². The molecule has 2 heterocycles. The van der Waals surface area contributed by atoms with E-state index in [9.17, 15) is 9.59 Å². The van der Waals surface area contributed by atoms with Crippen LogP contribution in [-0.2, 0) is 6.42 Å². The maximum absolute atomic E-state index is 11.7. The van der Waals surface area contributed by atoms with E-state index in [2.05, 4.69) is 10.5 Å². The van der Waals surface area contributed by atoms with Crippen LogP contribution < -0.4 is 5.32 Å². The summed E-state index contributed by atoms with van der Waals surface area (Å²) in [5.41, 5.74) is 0.285. The summed E-state index contributed by atoms with van der Waals surface area (Å²) in [7, 11) is 0. The van der Waals surface area contributed by atoms with Crippen LogP contribution in [0.4, 0.5) is 0 Å². The molecule has 1 N–H and O–H groups in total. The molecule has 19 heavy (non-hydrogen) atoms. The molecule has 6 heteroatoms. The van der Waals surface area contributed by atoms with Crippen molar-refractivity contribution in [3.63, 3.8) is 0 Å². The lowest BCUT2D eigenvalue weighted by Crippen LogP contribution is -2.25. The minimum Gasteiger partial charge on any atom is -0.361 e. The average Bonchev–Trinajstić information content (AvgIpc) is 2.98. The Morgan fingerprint density at radius 1 is 1.42 bits per heavy atom. The molecule has 1 amide bonds. The first-order chi connectivity index (χ1) is 9.06. The minimum absolute atomic E-state index is 0.0679. The first kappa shape index (κ1) is 13.5. The fourth-order valence-electron chi connectivity index (χ4n) is 1.56. The summed E-state index contributed by atoms with van der Waals surface area (Å²) in [6, 6.07) is 5.31. The van der Waals surface area contributed by atoms with Gasteiger partial charge in [-0.15, -0.1) is 11.3 Å². The van der Waals surface area contributed by atoms with Gasteiger partial charge in [-0.3, -0.25) is 9.59 Å². The van der Waals surface area contributed by atoms with Crippen molar-refractivity contribution in [2.75, 3.05) is 6.54 Å². The highest BCUT2D eigenvalue weighted by Crippen LogP contribution is 2.17. The zero-order chi connectivity index (χ0) is 13.8. The van der Waals surface area contributed by atoms with Crippen LogP contribution in [0.5, 0.6) is 0 Å². The van der Waals surface area contributed by atoms with Gasteiger partial charge in [-0.25, -0.2) is 0 Å². The molecule has 0 atom stereocenters. The topological polar surface area (TPSA) is 72.2 Å². The molecular weight excluding hydrogens is 264 g/mol. The average molecular weight is 278 g/mol. The molecule has 0 saturated heterocycles. The predicted molar refractivity (Wildman–Crippen MR) is 71.6 cm³/mol. The number of thiophene rings is 1. The van der Waals surface area contributed by atoms with Crippen molar-refractivity contribution in [3.8, 4) is 0 Å². The minimum atomic E-state index is -0.250. The van der Waals surface area contributed by atoms with Gasteiger partial charge in [-0.2, -0.15) is 0 Å². The third-order valence-corrected chi connectivity index (χ3v) is 3.77. The molecule has 0 fully saturated rings. The Bertz CT molecular complexity index is 601. The first-order valence-electron chi connectivity index (χ1n) is 5.87. The number of amides is 1. The maximum Gasteiger partial charge on any atom is 0.273 e. The molecule has 2 rings (SSSR count). The van der Waals surface area contributed by atoms with E-state index in [1.165, 1.54) is 11.3 Å². The molecule has 0 saturated carbocycles. The number of hydrogen-bond acceptors (Lipinski definition) is 5. The molecule has 0 unspecified atom stereocenters. The summed E-state index contributed by atoms with van der Waals surface area (Å²) < 4.78 is 4.83. The van der Waals surface area contributed by atoms with Gasteiger partial charge in [-0.05, 0) is 32.4 Å². The number of rotatable bonds is 5. The lowest BCUT2D eigenvalue weighted by atomic mass is 10.3. The molecule has 0 aromatic carbocycles. The van der Waals surface area contributed by atoms with E-state index < -0.39 is 0 Å². The fourth-order valence-corrected chi connectivity index (χ4v) is 2.47. The maximum atomic E-state index is 11.7. The fraction of sp³-hybridized carbons (Fsp3) is 0.308. The number of hydrogen-bond donors (Lipinski definition) is 1. The van der Waals surface area contributed by atoms with E-state index >= 15 is 0 Å². The van der Waals surface area contributed by atoms with Crippen LogP contribution in [0, 0.1) is 6.92 Å². The lowest BCUT2D eigenvalue weighted by Gasteiger charge is -2.00. The largest absolute Gasteiger partial charge is 0.361 e. The molecule has 2 aromatic rings. The number of ketones is 1. The van der Waals surface area contributed by atoms with Crippen LogP contribution in [0.15, 0.2) is 22.7 Å². The van der Waals surface area contributed by atoms with E-state index in [0.29, 0.717) is 18.7 Å². The van der Waals surface area contributed by atoms with Gasteiger partial charge in [0.1, 0.15) is 5.76 Å². The highest BCUT2D eigenvalue weighted by Gasteiger charge is 2.10. The highest BCUT2D eigenvalue weighted by atomic mass is 32.1. The third kappa shape index (κ3) is 3.51. The van der Waals surface area contributed by atoms with Gasteiger partial charge in [0.2, 0.25) is 0 Å². The predicted octanol–water partition coefficient (Wildman–Crippen LogP) is 2.22. The second-order valence-electron chi connectivity index (χ2n) is 4.15. The molecule has 0 bridgehead atoms. The Morgan fingerprint density at radius 2 is 2.21 bits per heavy atom. The van der Waals surface area contributed by atoms with Gasteiger partial charge in [-0.1, -0.05) is 5.16 Å². The Hall–Kier alpha value is -1.95. The summed E-state index contributed by atoms with van der Waals surface area (Å²) in [6.45, 7) is 3.78. The smallest absolute Gasteiger partial charge is 0.273 e. The molecule has 0 spiro atoms. The zero-order valence-corrected chi connectivity index (χ0v) is 11.5. The Morgan fingerprint density at radius 3 is 2.79 bits per heavy atom. The van der Waals surface area contributed by atoms with Crippen molar-refractivity contribution in [1.29, 1.82) is 0 Å². The molecule has 100 valence electrons. The normalized spacial score (nSPS) is 10.4. The molecule has 0 aliphatic rings. The van der Waals surface area contributed by atoms with Crippen LogP contribution in [0.25, 0.3) is 0 Å². The van der Waals surface area contributed by atoms with Gasteiger partial charge in [0.05, 0.1) is 4.88 Å². The summed E-state index contributed by atoms with van der Waals surface area (Å²) >= 11 is 1.46. The Kier molecular flexibility index (Phi) is 4.11. The van der Waals surface area contributed by atoms with Crippen LogP contribution in [-0.4, -0.2) is 23.4 Å². The highest BCUT2D eigenvalue weighted by molar-refractivity contribution is 7.14. The second-order valence-corrected chi connectivity index (χ2v) is 5.32.